The molecule has 3 rings (SSSR count). The van der Waals surface area contributed by atoms with Gasteiger partial charge in [0, 0.05) is 6.07 Å². The Morgan fingerprint density at radius 3 is 2.12 bits per heavy atom. The normalized spacial score (nSPS) is 22.2. The second-order valence-electron chi connectivity index (χ2n) is 5.04. The zero-order valence-electron chi connectivity index (χ0n) is 12.9. The SMILES string of the molecule is COc1cc(OCC2COC(=O)O2)ccc1OCC1COC(=O)O1. The molecule has 0 aliphatic carbocycles. The first-order chi connectivity index (χ1) is 11.6. The standard InChI is InChI=1S/C15H16O9/c1-18-13-4-9(19-5-10-7-21-14(16)23-10)2-3-12(13)20-6-11-8-22-15(17)24-11/h2-4,10-11H,5-8H2,1H3. The quantitative estimate of drug-likeness (QED) is 0.684. The van der Waals surface area contributed by atoms with Gasteiger partial charge in [0.25, 0.3) is 0 Å². The Morgan fingerprint density at radius 2 is 1.58 bits per heavy atom. The van der Waals surface area contributed by atoms with Crippen LogP contribution in [0.15, 0.2) is 18.2 Å². The van der Waals surface area contributed by atoms with Crippen LogP contribution >= 0.6 is 0 Å². The number of rotatable bonds is 7. The fraction of sp³-hybridized carbons (Fsp3) is 0.467. The molecule has 2 atom stereocenters. The Morgan fingerprint density at radius 1 is 0.958 bits per heavy atom. The monoisotopic (exact) mass is 340 g/mol. The number of hydrogen-bond acceptors (Lipinski definition) is 9. The Kier molecular flexibility index (Phi) is 4.78. The molecule has 0 amide bonds. The van der Waals surface area contributed by atoms with Crippen LogP contribution in [0.2, 0.25) is 0 Å². The van der Waals surface area contributed by atoms with Crippen LogP contribution in [-0.4, -0.2) is 58.1 Å². The number of hydrogen-bond donors (Lipinski definition) is 0. The maximum absolute atomic E-state index is 10.9. The molecule has 2 unspecified atom stereocenters. The minimum atomic E-state index is -0.698. The van der Waals surface area contributed by atoms with Gasteiger partial charge in [-0.3, -0.25) is 0 Å². The molecule has 24 heavy (non-hydrogen) atoms. The van der Waals surface area contributed by atoms with Gasteiger partial charge in [0.05, 0.1) is 7.11 Å². The molecule has 2 saturated heterocycles. The van der Waals surface area contributed by atoms with Crippen molar-refractivity contribution in [3.63, 3.8) is 0 Å². The zero-order chi connectivity index (χ0) is 16.9. The highest BCUT2D eigenvalue weighted by atomic mass is 16.8. The second kappa shape index (κ2) is 7.16. The number of ether oxygens (including phenoxy) is 7. The van der Waals surface area contributed by atoms with E-state index >= 15 is 0 Å². The number of methoxy groups -OCH3 is 1. The van der Waals surface area contributed by atoms with Gasteiger partial charge in [-0.15, -0.1) is 0 Å². The third kappa shape index (κ3) is 3.92. The molecule has 2 aliphatic rings. The molecule has 9 nitrogen and oxygen atoms in total. The largest absolute Gasteiger partial charge is 0.508 e. The molecule has 2 heterocycles. The fourth-order valence-corrected chi connectivity index (χ4v) is 2.12. The topological polar surface area (TPSA) is 98.8 Å². The van der Waals surface area contributed by atoms with Crippen molar-refractivity contribution in [2.45, 2.75) is 12.2 Å². The summed E-state index contributed by atoms with van der Waals surface area (Å²) in [4.78, 5) is 21.7. The molecule has 2 fully saturated rings. The van der Waals surface area contributed by atoms with Crippen LogP contribution in [0, 0.1) is 0 Å². The summed E-state index contributed by atoms with van der Waals surface area (Å²) in [6.07, 6.45) is -2.27. The van der Waals surface area contributed by atoms with Gasteiger partial charge in [0.1, 0.15) is 32.2 Å². The van der Waals surface area contributed by atoms with Crippen molar-refractivity contribution in [3.8, 4) is 17.2 Å². The van der Waals surface area contributed by atoms with E-state index in [-0.39, 0.29) is 26.4 Å². The lowest BCUT2D eigenvalue weighted by Gasteiger charge is -2.14. The third-order valence-electron chi connectivity index (χ3n) is 3.30. The summed E-state index contributed by atoms with van der Waals surface area (Å²) in [6.45, 7) is 0.645. The lowest BCUT2D eigenvalue weighted by Crippen LogP contribution is -2.20. The van der Waals surface area contributed by atoms with Crippen LogP contribution in [0.5, 0.6) is 17.2 Å². The molecule has 1 aromatic rings. The van der Waals surface area contributed by atoms with Crippen LogP contribution < -0.4 is 14.2 Å². The first-order valence-corrected chi connectivity index (χ1v) is 7.24. The molecular formula is C15H16O9. The Bertz CT molecular complexity index is 615. The van der Waals surface area contributed by atoms with Crippen LogP contribution in [0.4, 0.5) is 9.59 Å². The van der Waals surface area contributed by atoms with E-state index in [1.807, 2.05) is 0 Å². The number of benzene rings is 1. The molecule has 0 aromatic heterocycles. The fourth-order valence-electron chi connectivity index (χ4n) is 2.12. The lowest BCUT2D eigenvalue weighted by molar-refractivity contribution is 0.0960. The molecule has 1 aromatic carbocycles. The third-order valence-corrected chi connectivity index (χ3v) is 3.30. The molecule has 130 valence electrons. The molecule has 0 N–H and O–H groups in total. The van der Waals surface area contributed by atoms with Crippen molar-refractivity contribution in [1.82, 2.24) is 0 Å². The van der Waals surface area contributed by atoms with E-state index in [0.29, 0.717) is 17.2 Å². The zero-order valence-corrected chi connectivity index (χ0v) is 12.9. The summed E-state index contributed by atoms with van der Waals surface area (Å²) in [5, 5.41) is 0. The van der Waals surface area contributed by atoms with Gasteiger partial charge in [-0.05, 0) is 12.1 Å². The van der Waals surface area contributed by atoms with Gasteiger partial charge in [-0.1, -0.05) is 0 Å². The van der Waals surface area contributed by atoms with Crippen LogP contribution in [-0.2, 0) is 18.9 Å². The van der Waals surface area contributed by atoms with E-state index in [4.69, 9.17) is 23.7 Å². The maximum Gasteiger partial charge on any atom is 0.508 e. The molecular weight excluding hydrogens is 324 g/mol. The number of carbonyl (C=O) groups is 2. The molecule has 0 radical (unpaired) electrons. The summed E-state index contributed by atoms with van der Waals surface area (Å²) in [6, 6.07) is 5.00. The van der Waals surface area contributed by atoms with Gasteiger partial charge in [-0.2, -0.15) is 0 Å². The molecule has 0 bridgehead atoms. The van der Waals surface area contributed by atoms with Crippen molar-refractivity contribution in [1.29, 1.82) is 0 Å². The Hall–Kier alpha value is -2.84. The van der Waals surface area contributed by atoms with Crippen LogP contribution in [0.1, 0.15) is 0 Å². The first-order valence-electron chi connectivity index (χ1n) is 7.24. The minimum Gasteiger partial charge on any atom is -0.493 e. The predicted molar refractivity (Wildman–Crippen MR) is 76.4 cm³/mol. The van der Waals surface area contributed by atoms with Gasteiger partial charge in [0.15, 0.2) is 23.7 Å². The molecule has 9 heteroatoms. The van der Waals surface area contributed by atoms with Gasteiger partial charge in [-0.25, -0.2) is 9.59 Å². The van der Waals surface area contributed by atoms with Gasteiger partial charge < -0.3 is 33.2 Å². The smallest absolute Gasteiger partial charge is 0.493 e. The Labute approximate surface area is 137 Å². The molecule has 0 saturated carbocycles. The molecule has 2 aliphatic heterocycles. The van der Waals surface area contributed by atoms with Crippen LogP contribution in [0.3, 0.4) is 0 Å². The average molecular weight is 340 g/mol. The van der Waals surface area contributed by atoms with E-state index in [2.05, 4.69) is 9.47 Å². The van der Waals surface area contributed by atoms with Crippen LogP contribution in [0.25, 0.3) is 0 Å². The molecule has 0 spiro atoms. The van der Waals surface area contributed by atoms with E-state index in [0.717, 1.165) is 0 Å². The summed E-state index contributed by atoms with van der Waals surface area (Å²) in [5.41, 5.74) is 0. The minimum absolute atomic E-state index is 0.150. The van der Waals surface area contributed by atoms with Crippen molar-refractivity contribution in [2.75, 3.05) is 33.5 Å². The van der Waals surface area contributed by atoms with Crippen molar-refractivity contribution in [2.24, 2.45) is 0 Å². The number of carbonyl (C=O) groups excluding carboxylic acids is 2. The average Bonchev–Trinajstić information content (AvgIpc) is 3.19. The summed E-state index contributed by atoms with van der Waals surface area (Å²) in [7, 11) is 1.50. The summed E-state index contributed by atoms with van der Waals surface area (Å²) >= 11 is 0. The summed E-state index contributed by atoms with van der Waals surface area (Å²) < 4.78 is 35.5. The van der Waals surface area contributed by atoms with Crippen molar-refractivity contribution >= 4 is 12.3 Å². The lowest BCUT2D eigenvalue weighted by atomic mass is 10.3. The van der Waals surface area contributed by atoms with E-state index in [1.165, 1.54) is 7.11 Å². The second-order valence-corrected chi connectivity index (χ2v) is 5.04. The Balaban J connectivity index is 1.54. The number of cyclic esters (lactones) is 4. The van der Waals surface area contributed by atoms with E-state index in [9.17, 15) is 9.59 Å². The van der Waals surface area contributed by atoms with Crippen molar-refractivity contribution in [3.05, 3.63) is 18.2 Å². The van der Waals surface area contributed by atoms with Gasteiger partial charge >= 0.3 is 12.3 Å². The van der Waals surface area contributed by atoms with Gasteiger partial charge in [0.2, 0.25) is 0 Å². The first kappa shape index (κ1) is 16.0. The highest BCUT2D eigenvalue weighted by molar-refractivity contribution is 5.62. The predicted octanol–water partition coefficient (Wildman–Crippen LogP) is 1.52. The van der Waals surface area contributed by atoms with E-state index < -0.39 is 24.5 Å². The summed E-state index contributed by atoms with van der Waals surface area (Å²) in [5.74, 6) is 1.46. The highest BCUT2D eigenvalue weighted by Crippen LogP contribution is 2.32. The highest BCUT2D eigenvalue weighted by Gasteiger charge is 2.27. The maximum atomic E-state index is 10.9. The van der Waals surface area contributed by atoms with E-state index in [1.54, 1.807) is 18.2 Å². The van der Waals surface area contributed by atoms with Crippen molar-refractivity contribution < 1.29 is 42.7 Å².